The van der Waals surface area contributed by atoms with Gasteiger partial charge in [-0.3, -0.25) is 9.67 Å². The van der Waals surface area contributed by atoms with Gasteiger partial charge in [-0.25, -0.2) is 0 Å². The topological polar surface area (TPSA) is 63.9 Å². The van der Waals surface area contributed by atoms with Crippen molar-refractivity contribution in [3.8, 4) is 5.75 Å². The van der Waals surface area contributed by atoms with Gasteiger partial charge in [0, 0.05) is 49.9 Å². The quantitative estimate of drug-likeness (QED) is 0.424. The number of benzene rings is 1. The van der Waals surface area contributed by atoms with Crippen LogP contribution in [-0.2, 0) is 11.8 Å². The molecular weight excluding hydrogens is 390 g/mol. The van der Waals surface area contributed by atoms with Crippen molar-refractivity contribution in [1.29, 1.82) is 0 Å². The third-order valence-electron chi connectivity index (χ3n) is 4.76. The maximum absolute atomic E-state index is 5.99. The Hall–Kier alpha value is -2.25. The van der Waals surface area contributed by atoms with E-state index >= 15 is 0 Å². The summed E-state index contributed by atoms with van der Waals surface area (Å²) < 4.78 is 13.6. The van der Waals surface area contributed by atoms with E-state index in [2.05, 4.69) is 22.2 Å². The van der Waals surface area contributed by atoms with Crippen LogP contribution in [0.15, 0.2) is 35.6 Å². The molecule has 7 nitrogen and oxygen atoms in total. The van der Waals surface area contributed by atoms with E-state index in [1.807, 2.05) is 44.6 Å². The number of halogens is 1. The zero-order valence-corrected chi connectivity index (χ0v) is 18.2. The molecule has 0 spiro atoms. The van der Waals surface area contributed by atoms with Crippen LogP contribution in [0.3, 0.4) is 0 Å². The number of hydrogen-bond acceptors (Lipinski definition) is 4. The summed E-state index contributed by atoms with van der Waals surface area (Å²) in [6.45, 7) is 8.48. The number of ether oxygens (including phenoxy) is 2. The molecule has 1 aromatic carbocycles. The first-order chi connectivity index (χ1) is 14.1. The molecule has 0 bridgehead atoms. The van der Waals surface area contributed by atoms with Gasteiger partial charge < -0.3 is 19.7 Å². The molecule has 1 aliphatic heterocycles. The van der Waals surface area contributed by atoms with Crippen LogP contribution in [0.4, 0.5) is 0 Å². The molecule has 8 heteroatoms. The maximum atomic E-state index is 5.99. The first kappa shape index (κ1) is 21.5. The first-order valence-corrected chi connectivity index (χ1v) is 10.5. The van der Waals surface area contributed by atoms with E-state index in [1.54, 1.807) is 4.68 Å². The molecule has 2 aromatic rings. The smallest absolute Gasteiger partial charge is 0.194 e. The monoisotopic (exact) mass is 419 g/mol. The molecular formula is C21H30ClN5O2. The van der Waals surface area contributed by atoms with Gasteiger partial charge in [-0.2, -0.15) is 5.10 Å². The van der Waals surface area contributed by atoms with Crippen LogP contribution in [-0.4, -0.2) is 60.0 Å². The predicted molar refractivity (Wildman–Crippen MR) is 116 cm³/mol. The number of aryl methyl sites for hydroxylation is 2. The summed E-state index contributed by atoms with van der Waals surface area (Å²) in [7, 11) is 1.92. The lowest BCUT2D eigenvalue weighted by Gasteiger charge is -2.34. The second kappa shape index (κ2) is 10.5. The van der Waals surface area contributed by atoms with Gasteiger partial charge in [0.15, 0.2) is 5.96 Å². The van der Waals surface area contributed by atoms with Gasteiger partial charge in [-0.1, -0.05) is 11.6 Å². The van der Waals surface area contributed by atoms with Crippen LogP contribution >= 0.6 is 11.6 Å². The molecule has 1 N–H and O–H groups in total. The highest BCUT2D eigenvalue weighted by Crippen LogP contribution is 2.22. The molecule has 1 unspecified atom stereocenters. The van der Waals surface area contributed by atoms with Crippen LogP contribution in [0.25, 0.3) is 0 Å². The Morgan fingerprint density at radius 3 is 3.03 bits per heavy atom. The average Bonchev–Trinajstić information content (AvgIpc) is 3.15. The highest BCUT2D eigenvalue weighted by atomic mass is 35.5. The highest BCUT2D eigenvalue weighted by Gasteiger charge is 2.25. The minimum atomic E-state index is 0.0116. The molecule has 0 aliphatic carbocycles. The van der Waals surface area contributed by atoms with Gasteiger partial charge in [0.2, 0.25) is 0 Å². The molecule has 0 amide bonds. The van der Waals surface area contributed by atoms with Crippen molar-refractivity contribution in [3.63, 3.8) is 0 Å². The van der Waals surface area contributed by atoms with E-state index in [9.17, 15) is 0 Å². The van der Waals surface area contributed by atoms with Gasteiger partial charge >= 0.3 is 0 Å². The van der Waals surface area contributed by atoms with E-state index in [-0.39, 0.29) is 6.10 Å². The molecule has 1 aromatic heterocycles. The van der Waals surface area contributed by atoms with E-state index in [0.29, 0.717) is 19.8 Å². The summed E-state index contributed by atoms with van der Waals surface area (Å²) in [5, 5.41) is 8.38. The van der Waals surface area contributed by atoms with Crippen molar-refractivity contribution < 1.29 is 9.47 Å². The predicted octanol–water partition coefficient (Wildman–Crippen LogP) is 3.19. The summed E-state index contributed by atoms with van der Waals surface area (Å²) in [5.41, 5.74) is 2.14. The number of nitrogens with one attached hydrogen (secondary N) is 1. The fraction of sp³-hybridized carbons (Fsp3) is 0.524. The molecule has 3 rings (SSSR count). The van der Waals surface area contributed by atoms with Crippen LogP contribution in [0.2, 0.25) is 5.02 Å². The summed E-state index contributed by atoms with van der Waals surface area (Å²) >= 11 is 5.99. The molecule has 1 atom stereocenters. The summed E-state index contributed by atoms with van der Waals surface area (Å²) in [6, 6.07) is 5.68. The van der Waals surface area contributed by atoms with Crippen LogP contribution in [0.5, 0.6) is 5.75 Å². The molecule has 1 saturated heterocycles. The van der Waals surface area contributed by atoms with Crippen molar-refractivity contribution in [2.75, 3.05) is 39.4 Å². The van der Waals surface area contributed by atoms with Gasteiger partial charge in [0.05, 0.1) is 26.0 Å². The summed E-state index contributed by atoms with van der Waals surface area (Å²) in [6.07, 6.45) is 4.73. The largest absolute Gasteiger partial charge is 0.493 e. The van der Waals surface area contributed by atoms with Crippen LogP contribution in [0.1, 0.15) is 30.6 Å². The second-order valence-electron chi connectivity index (χ2n) is 7.10. The standard InChI is InChI=1S/C21H30ClN5O2/c1-4-23-21(24-8-5-10-28-19-7-6-18(22)12-16(19)2)27-9-11-29-20(15-27)17-13-25-26(3)14-17/h6-7,12-14,20H,4-5,8-11,15H2,1-3H3,(H,23,24). The summed E-state index contributed by atoms with van der Waals surface area (Å²) in [4.78, 5) is 7.05. The molecule has 0 radical (unpaired) electrons. The van der Waals surface area contributed by atoms with Crippen molar-refractivity contribution in [2.45, 2.75) is 26.4 Å². The van der Waals surface area contributed by atoms with Gasteiger partial charge in [0.25, 0.3) is 0 Å². The van der Waals surface area contributed by atoms with Crippen molar-refractivity contribution in [1.82, 2.24) is 20.0 Å². The maximum Gasteiger partial charge on any atom is 0.194 e. The number of rotatable bonds is 7. The van der Waals surface area contributed by atoms with Crippen molar-refractivity contribution in [3.05, 3.63) is 46.7 Å². The Morgan fingerprint density at radius 1 is 1.45 bits per heavy atom. The Bertz CT molecular complexity index is 823. The third kappa shape index (κ3) is 6.11. The highest BCUT2D eigenvalue weighted by molar-refractivity contribution is 6.30. The number of aromatic nitrogens is 2. The lowest BCUT2D eigenvalue weighted by Crippen LogP contribution is -2.48. The van der Waals surface area contributed by atoms with Crippen molar-refractivity contribution >= 4 is 17.6 Å². The van der Waals surface area contributed by atoms with E-state index in [1.165, 1.54) is 0 Å². The zero-order valence-electron chi connectivity index (χ0n) is 17.4. The Balaban J connectivity index is 1.52. The normalized spacial score (nSPS) is 17.4. The number of aliphatic imine (C=N–C) groups is 1. The molecule has 1 aliphatic rings. The Labute approximate surface area is 177 Å². The van der Waals surface area contributed by atoms with Gasteiger partial charge in [0.1, 0.15) is 11.9 Å². The van der Waals surface area contributed by atoms with Gasteiger partial charge in [-0.05, 0) is 37.6 Å². The Kier molecular flexibility index (Phi) is 7.77. The van der Waals surface area contributed by atoms with E-state index < -0.39 is 0 Å². The van der Waals surface area contributed by atoms with Crippen molar-refractivity contribution in [2.24, 2.45) is 12.0 Å². The summed E-state index contributed by atoms with van der Waals surface area (Å²) in [5.74, 6) is 1.80. The fourth-order valence-corrected chi connectivity index (χ4v) is 3.51. The SMILES string of the molecule is CCNC(=NCCCOc1ccc(Cl)cc1C)N1CCOC(c2cnn(C)c2)C1. The molecule has 1 fully saturated rings. The minimum absolute atomic E-state index is 0.0116. The Morgan fingerprint density at radius 2 is 2.31 bits per heavy atom. The van der Waals surface area contributed by atoms with E-state index in [4.69, 9.17) is 26.1 Å². The lowest BCUT2D eigenvalue weighted by molar-refractivity contribution is -0.00804. The second-order valence-corrected chi connectivity index (χ2v) is 7.54. The van der Waals surface area contributed by atoms with E-state index in [0.717, 1.165) is 53.9 Å². The molecule has 29 heavy (non-hydrogen) atoms. The number of guanidine groups is 1. The molecule has 158 valence electrons. The zero-order chi connectivity index (χ0) is 20.6. The lowest BCUT2D eigenvalue weighted by atomic mass is 10.1. The number of morpholine rings is 1. The van der Waals surface area contributed by atoms with Crippen LogP contribution < -0.4 is 10.1 Å². The number of nitrogens with zero attached hydrogens (tertiary/aromatic N) is 4. The third-order valence-corrected chi connectivity index (χ3v) is 4.99. The van der Waals surface area contributed by atoms with Gasteiger partial charge in [-0.15, -0.1) is 0 Å². The molecule has 2 heterocycles. The fourth-order valence-electron chi connectivity index (χ4n) is 3.28. The molecule has 0 saturated carbocycles. The number of hydrogen-bond donors (Lipinski definition) is 1. The first-order valence-electron chi connectivity index (χ1n) is 10.1. The minimum Gasteiger partial charge on any atom is -0.493 e. The average molecular weight is 420 g/mol. The van der Waals surface area contributed by atoms with Crippen LogP contribution in [0, 0.1) is 6.92 Å².